The van der Waals surface area contributed by atoms with Gasteiger partial charge in [-0.15, -0.1) is 0 Å². The monoisotopic (exact) mass is 320 g/mol. The van der Waals surface area contributed by atoms with Crippen molar-refractivity contribution in [2.24, 2.45) is 5.92 Å². The van der Waals surface area contributed by atoms with E-state index in [0.29, 0.717) is 6.04 Å². The molecule has 2 fully saturated rings. The maximum absolute atomic E-state index is 12.3. The topological polar surface area (TPSA) is 32.3 Å². The molecular formula is C18H25ClN2O. The number of hydrogen-bond donors (Lipinski definition) is 1. The fraction of sp³-hybridized carbons (Fsp3) is 0.611. The zero-order chi connectivity index (χ0) is 15.4. The van der Waals surface area contributed by atoms with E-state index in [1.807, 2.05) is 12.1 Å². The van der Waals surface area contributed by atoms with Crippen molar-refractivity contribution in [3.05, 3.63) is 34.9 Å². The van der Waals surface area contributed by atoms with Gasteiger partial charge in [-0.1, -0.05) is 36.6 Å². The molecule has 1 aliphatic heterocycles. The number of nitrogens with zero attached hydrogens (tertiary/aromatic N) is 1. The van der Waals surface area contributed by atoms with Crippen molar-refractivity contribution >= 4 is 17.5 Å². The first-order valence-electron chi connectivity index (χ1n) is 8.48. The van der Waals surface area contributed by atoms with Crippen LogP contribution in [0.15, 0.2) is 24.3 Å². The minimum Gasteiger partial charge on any atom is -0.352 e. The van der Waals surface area contributed by atoms with Gasteiger partial charge in [0.25, 0.3) is 0 Å². The molecule has 0 aromatic heterocycles. The molecule has 1 saturated heterocycles. The van der Waals surface area contributed by atoms with Crippen LogP contribution in [0.1, 0.15) is 44.1 Å². The highest BCUT2D eigenvalue weighted by atomic mass is 35.5. The fourth-order valence-electron chi connectivity index (χ4n) is 3.67. The van der Waals surface area contributed by atoms with Gasteiger partial charge in [0, 0.05) is 30.1 Å². The second kappa shape index (κ2) is 7.47. The summed E-state index contributed by atoms with van der Waals surface area (Å²) in [6, 6.07) is 8.38. The van der Waals surface area contributed by atoms with Crippen molar-refractivity contribution in [3.8, 4) is 0 Å². The van der Waals surface area contributed by atoms with E-state index in [1.165, 1.54) is 18.4 Å². The first-order chi connectivity index (χ1) is 10.7. The molecule has 1 aromatic rings. The standard InChI is InChI=1S/C18H25ClN2O/c19-16-9-7-14(8-10-16)12-21-11-3-6-17(13-21)20-18(22)15-4-1-2-5-15/h7-10,15,17H,1-6,11-13H2,(H,20,22). The zero-order valence-electron chi connectivity index (χ0n) is 13.1. The molecule has 1 aliphatic carbocycles. The second-order valence-corrected chi connectivity index (χ2v) is 7.13. The molecule has 1 unspecified atom stereocenters. The van der Waals surface area contributed by atoms with Gasteiger partial charge in [0.05, 0.1) is 0 Å². The molecular weight excluding hydrogens is 296 g/mol. The molecule has 1 atom stereocenters. The number of likely N-dealkylation sites (tertiary alicyclic amines) is 1. The van der Waals surface area contributed by atoms with Crippen molar-refractivity contribution in [2.75, 3.05) is 13.1 Å². The summed E-state index contributed by atoms with van der Waals surface area (Å²) in [4.78, 5) is 14.7. The molecule has 0 spiro atoms. The highest BCUT2D eigenvalue weighted by Crippen LogP contribution is 2.25. The first kappa shape index (κ1) is 15.8. The van der Waals surface area contributed by atoms with E-state index < -0.39 is 0 Å². The molecule has 1 N–H and O–H groups in total. The van der Waals surface area contributed by atoms with Crippen LogP contribution in [0, 0.1) is 5.92 Å². The van der Waals surface area contributed by atoms with Crippen molar-refractivity contribution in [3.63, 3.8) is 0 Å². The fourth-order valence-corrected chi connectivity index (χ4v) is 3.80. The average molecular weight is 321 g/mol. The Balaban J connectivity index is 1.50. The van der Waals surface area contributed by atoms with Gasteiger partial charge in [0.2, 0.25) is 5.91 Å². The van der Waals surface area contributed by atoms with Gasteiger partial charge in [-0.2, -0.15) is 0 Å². The van der Waals surface area contributed by atoms with Gasteiger partial charge in [0.15, 0.2) is 0 Å². The summed E-state index contributed by atoms with van der Waals surface area (Å²) in [5, 5.41) is 4.07. The third-order valence-electron chi connectivity index (χ3n) is 4.90. The number of carbonyl (C=O) groups is 1. The highest BCUT2D eigenvalue weighted by Gasteiger charge is 2.27. The molecule has 22 heavy (non-hydrogen) atoms. The van der Waals surface area contributed by atoms with Crippen LogP contribution < -0.4 is 5.32 Å². The van der Waals surface area contributed by atoms with E-state index in [1.54, 1.807) is 0 Å². The van der Waals surface area contributed by atoms with E-state index in [2.05, 4.69) is 22.3 Å². The third kappa shape index (κ3) is 4.23. The Hall–Kier alpha value is -1.06. The predicted molar refractivity (Wildman–Crippen MR) is 89.9 cm³/mol. The lowest BCUT2D eigenvalue weighted by Gasteiger charge is -2.33. The van der Waals surface area contributed by atoms with E-state index in [9.17, 15) is 4.79 Å². The first-order valence-corrected chi connectivity index (χ1v) is 8.86. The Morgan fingerprint density at radius 2 is 1.86 bits per heavy atom. The predicted octanol–water partition coefficient (Wildman–Crippen LogP) is 3.61. The van der Waals surface area contributed by atoms with Gasteiger partial charge in [-0.25, -0.2) is 0 Å². The smallest absolute Gasteiger partial charge is 0.223 e. The Kier molecular flexibility index (Phi) is 5.37. The lowest BCUT2D eigenvalue weighted by Crippen LogP contribution is -2.48. The molecule has 120 valence electrons. The van der Waals surface area contributed by atoms with Crippen molar-refractivity contribution in [2.45, 2.75) is 51.1 Å². The highest BCUT2D eigenvalue weighted by molar-refractivity contribution is 6.30. The van der Waals surface area contributed by atoms with Gasteiger partial charge in [-0.3, -0.25) is 9.69 Å². The zero-order valence-corrected chi connectivity index (χ0v) is 13.8. The number of hydrogen-bond acceptors (Lipinski definition) is 2. The van der Waals surface area contributed by atoms with E-state index in [4.69, 9.17) is 11.6 Å². The number of nitrogens with one attached hydrogen (secondary N) is 1. The van der Waals surface area contributed by atoms with Crippen LogP contribution in [0.2, 0.25) is 5.02 Å². The van der Waals surface area contributed by atoms with Gasteiger partial charge in [-0.05, 0) is 49.9 Å². The summed E-state index contributed by atoms with van der Waals surface area (Å²) in [7, 11) is 0. The number of halogens is 1. The van der Waals surface area contributed by atoms with Crippen LogP contribution >= 0.6 is 11.6 Å². The number of benzene rings is 1. The van der Waals surface area contributed by atoms with Crippen LogP contribution in [0.4, 0.5) is 0 Å². The van der Waals surface area contributed by atoms with Crippen LogP contribution in [0.5, 0.6) is 0 Å². The number of amides is 1. The van der Waals surface area contributed by atoms with E-state index in [-0.39, 0.29) is 11.8 Å². The molecule has 1 saturated carbocycles. The van der Waals surface area contributed by atoms with Crippen LogP contribution in [-0.2, 0) is 11.3 Å². The lowest BCUT2D eigenvalue weighted by molar-refractivity contribution is -0.125. The summed E-state index contributed by atoms with van der Waals surface area (Å²) in [6.45, 7) is 3.01. The number of rotatable bonds is 4. The largest absolute Gasteiger partial charge is 0.352 e. The van der Waals surface area contributed by atoms with Gasteiger partial charge < -0.3 is 5.32 Å². The molecule has 3 nitrogen and oxygen atoms in total. The van der Waals surface area contributed by atoms with Crippen molar-refractivity contribution in [1.29, 1.82) is 0 Å². The average Bonchev–Trinajstić information content (AvgIpc) is 3.04. The second-order valence-electron chi connectivity index (χ2n) is 6.69. The molecule has 1 aromatic carbocycles. The molecule has 0 radical (unpaired) electrons. The molecule has 2 aliphatic rings. The number of carbonyl (C=O) groups excluding carboxylic acids is 1. The van der Waals surface area contributed by atoms with E-state index in [0.717, 1.165) is 50.3 Å². The lowest BCUT2D eigenvalue weighted by atomic mass is 10.0. The molecule has 1 heterocycles. The molecule has 1 amide bonds. The Morgan fingerprint density at radius 1 is 1.14 bits per heavy atom. The molecule has 4 heteroatoms. The molecule has 0 bridgehead atoms. The Labute approximate surface area is 138 Å². The molecule has 3 rings (SSSR count). The van der Waals surface area contributed by atoms with Crippen LogP contribution in [-0.4, -0.2) is 29.9 Å². The Bertz CT molecular complexity index is 496. The SMILES string of the molecule is O=C(NC1CCCN(Cc2ccc(Cl)cc2)C1)C1CCCC1. The minimum atomic E-state index is 0.270. The van der Waals surface area contributed by atoms with Gasteiger partial charge >= 0.3 is 0 Å². The summed E-state index contributed by atoms with van der Waals surface area (Å²) < 4.78 is 0. The van der Waals surface area contributed by atoms with Gasteiger partial charge in [0.1, 0.15) is 0 Å². The van der Waals surface area contributed by atoms with E-state index >= 15 is 0 Å². The summed E-state index contributed by atoms with van der Waals surface area (Å²) in [6.07, 6.45) is 6.84. The normalized spacial score (nSPS) is 23.6. The van der Waals surface area contributed by atoms with Crippen LogP contribution in [0.3, 0.4) is 0 Å². The summed E-state index contributed by atoms with van der Waals surface area (Å²) in [5.41, 5.74) is 1.28. The van der Waals surface area contributed by atoms with Crippen LogP contribution in [0.25, 0.3) is 0 Å². The Morgan fingerprint density at radius 3 is 2.59 bits per heavy atom. The minimum absolute atomic E-state index is 0.270. The van der Waals surface area contributed by atoms with Crippen molar-refractivity contribution in [1.82, 2.24) is 10.2 Å². The maximum Gasteiger partial charge on any atom is 0.223 e. The summed E-state index contributed by atoms with van der Waals surface area (Å²) in [5.74, 6) is 0.558. The summed E-state index contributed by atoms with van der Waals surface area (Å²) >= 11 is 5.94. The number of piperidine rings is 1. The maximum atomic E-state index is 12.3. The third-order valence-corrected chi connectivity index (χ3v) is 5.15. The quantitative estimate of drug-likeness (QED) is 0.919. The van der Waals surface area contributed by atoms with Crippen molar-refractivity contribution < 1.29 is 4.79 Å².